The van der Waals surface area contributed by atoms with E-state index in [1.807, 2.05) is 0 Å². The zero-order valence-corrected chi connectivity index (χ0v) is 8.05. The van der Waals surface area contributed by atoms with Gasteiger partial charge in [-0.05, 0) is 32.6 Å². The van der Waals surface area contributed by atoms with E-state index < -0.39 is 0 Å². The zero-order chi connectivity index (χ0) is 9.68. The van der Waals surface area contributed by atoms with Crippen LogP contribution in [0.5, 0.6) is 0 Å². The Morgan fingerprint density at radius 2 is 2.31 bits per heavy atom. The van der Waals surface area contributed by atoms with Gasteiger partial charge in [0.05, 0.1) is 6.10 Å². The van der Waals surface area contributed by atoms with Crippen molar-refractivity contribution in [3.05, 3.63) is 0 Å². The predicted molar refractivity (Wildman–Crippen MR) is 50.5 cm³/mol. The van der Waals surface area contributed by atoms with Crippen molar-refractivity contribution < 1.29 is 9.90 Å². The highest BCUT2D eigenvalue weighted by atomic mass is 16.3. The number of rotatable bonds is 4. The lowest BCUT2D eigenvalue weighted by Gasteiger charge is -2.26. The quantitative estimate of drug-likeness (QED) is 0.602. The van der Waals surface area contributed by atoms with Gasteiger partial charge in [0.2, 0.25) is 0 Å². The summed E-state index contributed by atoms with van der Waals surface area (Å²) in [4.78, 5) is 11.1. The smallest absolute Gasteiger partial charge is 0.315 e. The first kappa shape index (κ1) is 10.3. The van der Waals surface area contributed by atoms with Gasteiger partial charge >= 0.3 is 6.03 Å². The van der Waals surface area contributed by atoms with Gasteiger partial charge in [0.1, 0.15) is 0 Å². The lowest BCUT2D eigenvalue weighted by atomic mass is 9.93. The molecule has 0 aromatic carbocycles. The van der Waals surface area contributed by atoms with Gasteiger partial charge in [-0.25, -0.2) is 4.79 Å². The molecule has 1 fully saturated rings. The molecule has 0 aliphatic heterocycles. The zero-order valence-electron chi connectivity index (χ0n) is 8.05. The van der Waals surface area contributed by atoms with Gasteiger partial charge in [-0.1, -0.05) is 0 Å². The highest BCUT2D eigenvalue weighted by molar-refractivity contribution is 5.74. The monoisotopic (exact) mass is 186 g/mol. The number of urea groups is 1. The molecular formula is C9H18N2O2. The molecule has 1 aliphatic carbocycles. The van der Waals surface area contributed by atoms with Crippen molar-refractivity contribution in [2.24, 2.45) is 0 Å². The Kier molecular flexibility index (Phi) is 4.02. The number of aliphatic hydroxyl groups is 1. The number of carbonyl (C=O) groups is 1. The van der Waals surface area contributed by atoms with Gasteiger partial charge in [-0.3, -0.25) is 0 Å². The Labute approximate surface area is 78.7 Å². The standard InChI is InChI=1S/C9H18N2O2/c1-7(12)5-6-10-9(13)11-8-3-2-4-8/h7-8,12H,2-6H2,1H3,(H2,10,11,13). The summed E-state index contributed by atoms with van der Waals surface area (Å²) in [5, 5.41) is 14.5. The van der Waals surface area contributed by atoms with Gasteiger partial charge in [0, 0.05) is 12.6 Å². The first-order chi connectivity index (χ1) is 6.18. The highest BCUT2D eigenvalue weighted by Crippen LogP contribution is 2.17. The summed E-state index contributed by atoms with van der Waals surface area (Å²) in [7, 11) is 0. The Morgan fingerprint density at radius 1 is 1.62 bits per heavy atom. The van der Waals surface area contributed by atoms with Crippen molar-refractivity contribution in [3.63, 3.8) is 0 Å². The van der Waals surface area contributed by atoms with Crippen molar-refractivity contribution in [1.29, 1.82) is 0 Å². The summed E-state index contributed by atoms with van der Waals surface area (Å²) >= 11 is 0. The van der Waals surface area contributed by atoms with Gasteiger partial charge in [-0.2, -0.15) is 0 Å². The lowest BCUT2D eigenvalue weighted by molar-refractivity contribution is 0.182. The first-order valence-electron chi connectivity index (χ1n) is 4.91. The van der Waals surface area contributed by atoms with Crippen LogP contribution >= 0.6 is 0 Å². The second-order valence-electron chi connectivity index (χ2n) is 3.67. The van der Waals surface area contributed by atoms with Crippen LogP contribution in [-0.4, -0.2) is 29.8 Å². The third-order valence-corrected chi connectivity index (χ3v) is 2.29. The molecule has 1 aliphatic rings. The molecule has 0 aromatic rings. The Morgan fingerprint density at radius 3 is 2.77 bits per heavy atom. The van der Waals surface area contributed by atoms with Crippen molar-refractivity contribution in [1.82, 2.24) is 10.6 Å². The maximum absolute atomic E-state index is 11.1. The summed E-state index contributed by atoms with van der Waals surface area (Å²) in [6, 6.07) is 0.275. The summed E-state index contributed by atoms with van der Waals surface area (Å²) in [6.07, 6.45) is 3.69. The van der Waals surface area contributed by atoms with Crippen LogP contribution in [0.25, 0.3) is 0 Å². The van der Waals surface area contributed by atoms with Crippen molar-refractivity contribution in [2.75, 3.05) is 6.54 Å². The topological polar surface area (TPSA) is 61.4 Å². The molecule has 1 rings (SSSR count). The SMILES string of the molecule is CC(O)CCNC(=O)NC1CCC1. The van der Waals surface area contributed by atoms with Gasteiger partial charge in [0.15, 0.2) is 0 Å². The third kappa shape index (κ3) is 4.12. The van der Waals surface area contributed by atoms with Gasteiger partial charge in [-0.15, -0.1) is 0 Å². The average molecular weight is 186 g/mol. The molecular weight excluding hydrogens is 168 g/mol. The number of hydrogen-bond donors (Lipinski definition) is 3. The van der Waals surface area contributed by atoms with Crippen LogP contribution < -0.4 is 10.6 Å². The minimum atomic E-state index is -0.344. The Hall–Kier alpha value is -0.770. The molecule has 4 heteroatoms. The minimum absolute atomic E-state index is 0.106. The summed E-state index contributed by atoms with van der Waals surface area (Å²) in [6.45, 7) is 2.25. The number of carbonyl (C=O) groups excluding carboxylic acids is 1. The minimum Gasteiger partial charge on any atom is -0.393 e. The van der Waals surface area contributed by atoms with Gasteiger partial charge in [0.25, 0.3) is 0 Å². The van der Waals surface area contributed by atoms with Gasteiger partial charge < -0.3 is 15.7 Å². The van der Waals surface area contributed by atoms with E-state index in [1.165, 1.54) is 6.42 Å². The molecule has 1 atom stereocenters. The van der Waals surface area contributed by atoms with E-state index in [4.69, 9.17) is 5.11 Å². The molecule has 0 spiro atoms. The van der Waals surface area contributed by atoms with E-state index in [0.717, 1.165) is 12.8 Å². The van der Waals surface area contributed by atoms with Crippen LogP contribution in [0.3, 0.4) is 0 Å². The molecule has 76 valence electrons. The van der Waals surface area contributed by atoms with Crippen LogP contribution in [-0.2, 0) is 0 Å². The summed E-state index contributed by atoms with van der Waals surface area (Å²) < 4.78 is 0. The maximum atomic E-state index is 11.1. The van der Waals surface area contributed by atoms with E-state index in [-0.39, 0.29) is 12.1 Å². The molecule has 1 unspecified atom stereocenters. The number of hydrogen-bond acceptors (Lipinski definition) is 2. The molecule has 2 amide bonds. The molecule has 1 saturated carbocycles. The molecule has 0 aromatic heterocycles. The molecule has 0 saturated heterocycles. The first-order valence-corrected chi connectivity index (χ1v) is 4.91. The van der Waals surface area contributed by atoms with Crippen LogP contribution in [0.1, 0.15) is 32.6 Å². The second kappa shape index (κ2) is 5.07. The van der Waals surface area contributed by atoms with E-state index in [1.54, 1.807) is 6.92 Å². The Balaban J connectivity index is 1.97. The number of aliphatic hydroxyl groups excluding tert-OH is 1. The second-order valence-corrected chi connectivity index (χ2v) is 3.67. The lowest BCUT2D eigenvalue weighted by Crippen LogP contribution is -2.45. The fourth-order valence-corrected chi connectivity index (χ4v) is 1.18. The molecule has 0 bridgehead atoms. The number of nitrogens with one attached hydrogen (secondary N) is 2. The summed E-state index contributed by atoms with van der Waals surface area (Å²) in [5.41, 5.74) is 0. The average Bonchev–Trinajstić information content (AvgIpc) is 1.96. The van der Waals surface area contributed by atoms with Crippen LogP contribution in [0, 0.1) is 0 Å². The molecule has 3 N–H and O–H groups in total. The third-order valence-electron chi connectivity index (χ3n) is 2.29. The van der Waals surface area contributed by atoms with E-state index in [0.29, 0.717) is 19.0 Å². The van der Waals surface area contributed by atoms with E-state index in [9.17, 15) is 4.79 Å². The maximum Gasteiger partial charge on any atom is 0.315 e. The van der Waals surface area contributed by atoms with Crippen molar-refractivity contribution in [2.45, 2.75) is 44.8 Å². The molecule has 0 radical (unpaired) electrons. The predicted octanol–water partition coefficient (Wildman–Crippen LogP) is 0.609. The normalized spacial score (nSPS) is 18.9. The highest BCUT2D eigenvalue weighted by Gasteiger charge is 2.18. The van der Waals surface area contributed by atoms with Crippen LogP contribution in [0.4, 0.5) is 4.79 Å². The fraction of sp³-hybridized carbons (Fsp3) is 0.889. The van der Waals surface area contributed by atoms with E-state index >= 15 is 0 Å². The number of amides is 2. The fourth-order valence-electron chi connectivity index (χ4n) is 1.18. The molecule has 13 heavy (non-hydrogen) atoms. The van der Waals surface area contributed by atoms with Crippen molar-refractivity contribution in [3.8, 4) is 0 Å². The molecule has 4 nitrogen and oxygen atoms in total. The summed E-state index contributed by atoms with van der Waals surface area (Å²) in [5.74, 6) is 0. The van der Waals surface area contributed by atoms with Crippen molar-refractivity contribution >= 4 is 6.03 Å². The largest absolute Gasteiger partial charge is 0.393 e. The van der Waals surface area contributed by atoms with E-state index in [2.05, 4.69) is 10.6 Å². The van der Waals surface area contributed by atoms with Crippen LogP contribution in [0.15, 0.2) is 0 Å². The Bertz CT molecular complexity index is 167. The molecule has 0 heterocycles. The van der Waals surface area contributed by atoms with Crippen LogP contribution in [0.2, 0.25) is 0 Å².